The molecule has 1 heterocycles. The van der Waals surface area contributed by atoms with Crippen LogP contribution in [0.4, 0.5) is 5.69 Å². The van der Waals surface area contributed by atoms with Gasteiger partial charge in [0.25, 0.3) is 11.6 Å². The van der Waals surface area contributed by atoms with Crippen molar-refractivity contribution in [1.29, 1.82) is 0 Å². The van der Waals surface area contributed by atoms with Gasteiger partial charge in [-0.05, 0) is 23.8 Å². The molecule has 0 atom stereocenters. The molecule has 6 heteroatoms. The van der Waals surface area contributed by atoms with Crippen LogP contribution in [0.5, 0.6) is 0 Å². The molecule has 0 bridgehead atoms. The van der Waals surface area contributed by atoms with Crippen LogP contribution in [-0.4, -0.2) is 15.1 Å². The molecule has 22 heavy (non-hydrogen) atoms. The third-order valence-electron chi connectivity index (χ3n) is 3.00. The topological polar surface area (TPSA) is 82.1 Å². The number of nitrogens with zero attached hydrogens (tertiary/aromatic N) is 3. The molecular weight excluding hydrogens is 282 g/mol. The molecule has 0 N–H and O–H groups in total. The largest absolute Gasteiger partial charge is 0.334 e. The van der Waals surface area contributed by atoms with Gasteiger partial charge in [-0.3, -0.25) is 10.1 Å². The summed E-state index contributed by atoms with van der Waals surface area (Å²) in [5, 5.41) is 14.5. The lowest BCUT2D eigenvalue weighted by Crippen LogP contribution is -1.87. The van der Waals surface area contributed by atoms with E-state index in [-0.39, 0.29) is 5.69 Å². The predicted octanol–water partition coefficient (Wildman–Crippen LogP) is 3.82. The van der Waals surface area contributed by atoms with Gasteiger partial charge in [-0.15, -0.1) is 0 Å². The van der Waals surface area contributed by atoms with Gasteiger partial charge in [-0.2, -0.15) is 4.98 Å². The van der Waals surface area contributed by atoms with Crippen LogP contribution in [0.2, 0.25) is 0 Å². The van der Waals surface area contributed by atoms with Crippen molar-refractivity contribution < 1.29 is 9.45 Å². The van der Waals surface area contributed by atoms with Crippen LogP contribution in [0.25, 0.3) is 23.5 Å². The van der Waals surface area contributed by atoms with Crippen LogP contribution in [-0.2, 0) is 0 Å². The monoisotopic (exact) mass is 293 g/mol. The summed E-state index contributed by atoms with van der Waals surface area (Å²) in [6.07, 6.45) is 3.59. The standard InChI is InChI=1S/C16H11N3O3/c20-19(21)14-9-7-13(8-10-14)16-17-15(22-18-16)11-6-12-4-2-1-3-5-12/h1-11H. The van der Waals surface area contributed by atoms with Crippen molar-refractivity contribution in [3.05, 3.63) is 76.2 Å². The van der Waals surface area contributed by atoms with Crippen LogP contribution in [0.15, 0.2) is 59.1 Å². The second-order valence-electron chi connectivity index (χ2n) is 4.50. The molecule has 2 aromatic carbocycles. The van der Waals surface area contributed by atoms with E-state index in [1.54, 1.807) is 18.2 Å². The van der Waals surface area contributed by atoms with Crippen LogP contribution >= 0.6 is 0 Å². The highest BCUT2D eigenvalue weighted by molar-refractivity contribution is 5.67. The molecule has 0 saturated carbocycles. The van der Waals surface area contributed by atoms with E-state index in [9.17, 15) is 10.1 Å². The molecular formula is C16H11N3O3. The van der Waals surface area contributed by atoms with E-state index in [1.165, 1.54) is 12.1 Å². The summed E-state index contributed by atoms with van der Waals surface area (Å²) in [5.74, 6) is 0.764. The maximum Gasteiger partial charge on any atom is 0.269 e. The molecule has 0 unspecified atom stereocenters. The smallest absolute Gasteiger partial charge is 0.269 e. The molecule has 0 aliphatic carbocycles. The highest BCUT2D eigenvalue weighted by atomic mass is 16.6. The first-order chi connectivity index (χ1) is 10.7. The van der Waals surface area contributed by atoms with Crippen LogP contribution in [0.1, 0.15) is 11.5 Å². The Morgan fingerprint density at radius 3 is 2.41 bits per heavy atom. The lowest BCUT2D eigenvalue weighted by Gasteiger charge is -1.93. The van der Waals surface area contributed by atoms with Crippen molar-refractivity contribution in [2.75, 3.05) is 0 Å². The number of benzene rings is 2. The minimum atomic E-state index is -0.450. The second-order valence-corrected chi connectivity index (χ2v) is 4.50. The van der Waals surface area contributed by atoms with Crippen LogP contribution in [0.3, 0.4) is 0 Å². The summed E-state index contributed by atoms with van der Waals surface area (Å²) in [6.45, 7) is 0. The number of nitro groups is 1. The fourth-order valence-corrected chi connectivity index (χ4v) is 1.88. The van der Waals surface area contributed by atoms with Gasteiger partial charge in [0.1, 0.15) is 0 Å². The Bertz CT molecular complexity index is 808. The molecule has 0 aliphatic rings. The zero-order valence-electron chi connectivity index (χ0n) is 11.4. The van der Waals surface area contributed by atoms with Gasteiger partial charge in [0.15, 0.2) is 0 Å². The Morgan fingerprint density at radius 2 is 1.73 bits per heavy atom. The van der Waals surface area contributed by atoms with E-state index in [1.807, 2.05) is 36.4 Å². The first-order valence-corrected chi connectivity index (χ1v) is 6.54. The minimum Gasteiger partial charge on any atom is -0.334 e. The van der Waals surface area contributed by atoms with E-state index in [4.69, 9.17) is 4.52 Å². The summed E-state index contributed by atoms with van der Waals surface area (Å²) in [4.78, 5) is 14.4. The number of rotatable bonds is 4. The highest BCUT2D eigenvalue weighted by Gasteiger charge is 2.09. The normalized spacial score (nSPS) is 10.9. The van der Waals surface area contributed by atoms with Crippen molar-refractivity contribution in [1.82, 2.24) is 10.1 Å². The second kappa shape index (κ2) is 6.01. The van der Waals surface area contributed by atoms with Crippen molar-refractivity contribution in [3.8, 4) is 11.4 Å². The van der Waals surface area contributed by atoms with Gasteiger partial charge in [0, 0.05) is 23.8 Å². The fraction of sp³-hybridized carbons (Fsp3) is 0. The fourth-order valence-electron chi connectivity index (χ4n) is 1.88. The van der Waals surface area contributed by atoms with E-state index >= 15 is 0 Å². The number of aromatic nitrogens is 2. The Balaban J connectivity index is 1.79. The average Bonchev–Trinajstić information content (AvgIpc) is 3.03. The van der Waals surface area contributed by atoms with Gasteiger partial charge in [-0.1, -0.05) is 35.5 Å². The van der Waals surface area contributed by atoms with Gasteiger partial charge in [-0.25, -0.2) is 0 Å². The molecule has 108 valence electrons. The first kappa shape index (κ1) is 13.7. The van der Waals surface area contributed by atoms with Gasteiger partial charge in [0.05, 0.1) is 4.92 Å². The minimum absolute atomic E-state index is 0.0245. The molecule has 3 aromatic rings. The Kier molecular flexibility index (Phi) is 3.74. The Labute approximate surface area is 125 Å². The van der Waals surface area contributed by atoms with E-state index in [0.29, 0.717) is 17.3 Å². The van der Waals surface area contributed by atoms with E-state index < -0.39 is 4.92 Å². The van der Waals surface area contributed by atoms with Gasteiger partial charge < -0.3 is 4.52 Å². The molecule has 6 nitrogen and oxygen atoms in total. The van der Waals surface area contributed by atoms with Crippen molar-refractivity contribution in [2.45, 2.75) is 0 Å². The summed E-state index contributed by atoms with van der Waals surface area (Å²) in [6, 6.07) is 15.7. The SMILES string of the molecule is O=[N+]([O-])c1ccc(-c2noc(C=Cc3ccccc3)n2)cc1. The third-order valence-corrected chi connectivity index (χ3v) is 3.00. The van der Waals surface area contributed by atoms with Crippen LogP contribution < -0.4 is 0 Å². The molecule has 0 radical (unpaired) electrons. The molecule has 0 saturated heterocycles. The maximum absolute atomic E-state index is 10.6. The molecule has 0 amide bonds. The molecule has 0 aliphatic heterocycles. The number of non-ortho nitro benzene ring substituents is 1. The van der Waals surface area contributed by atoms with Gasteiger partial charge >= 0.3 is 0 Å². The number of hydrogen-bond donors (Lipinski definition) is 0. The zero-order chi connectivity index (χ0) is 15.4. The third kappa shape index (κ3) is 3.06. The van der Waals surface area contributed by atoms with Crippen molar-refractivity contribution in [3.63, 3.8) is 0 Å². The van der Waals surface area contributed by atoms with Gasteiger partial charge in [0.2, 0.25) is 5.82 Å². The summed E-state index contributed by atoms with van der Waals surface area (Å²) < 4.78 is 5.14. The number of hydrogen-bond acceptors (Lipinski definition) is 5. The molecule has 0 fully saturated rings. The Hall–Kier alpha value is -3.28. The van der Waals surface area contributed by atoms with Crippen molar-refractivity contribution in [2.24, 2.45) is 0 Å². The quantitative estimate of drug-likeness (QED) is 0.539. The highest BCUT2D eigenvalue weighted by Crippen LogP contribution is 2.20. The van der Waals surface area contributed by atoms with E-state index in [0.717, 1.165) is 5.56 Å². The maximum atomic E-state index is 10.6. The molecule has 3 rings (SSSR count). The Morgan fingerprint density at radius 1 is 1.00 bits per heavy atom. The molecule has 1 aromatic heterocycles. The summed E-state index contributed by atoms with van der Waals surface area (Å²) in [5.41, 5.74) is 1.71. The summed E-state index contributed by atoms with van der Waals surface area (Å²) >= 11 is 0. The first-order valence-electron chi connectivity index (χ1n) is 6.54. The lowest BCUT2D eigenvalue weighted by molar-refractivity contribution is -0.384. The van der Waals surface area contributed by atoms with E-state index in [2.05, 4.69) is 10.1 Å². The predicted molar refractivity (Wildman–Crippen MR) is 81.8 cm³/mol. The number of nitro benzene ring substituents is 1. The average molecular weight is 293 g/mol. The molecule has 0 spiro atoms. The summed E-state index contributed by atoms with van der Waals surface area (Å²) in [7, 11) is 0. The van der Waals surface area contributed by atoms with Crippen LogP contribution in [0, 0.1) is 10.1 Å². The zero-order valence-corrected chi connectivity index (χ0v) is 11.4. The lowest BCUT2D eigenvalue weighted by atomic mass is 10.2. The van der Waals surface area contributed by atoms with Crippen molar-refractivity contribution >= 4 is 17.8 Å².